The summed E-state index contributed by atoms with van der Waals surface area (Å²) in [5, 5.41) is 17.4. The lowest BCUT2D eigenvalue weighted by Gasteiger charge is -2.33. The number of nitrogens with zero attached hydrogens (tertiary/aromatic N) is 5. The summed E-state index contributed by atoms with van der Waals surface area (Å²) in [5.74, 6) is 0.714. The smallest absolute Gasteiger partial charge is 0.283 e. The van der Waals surface area contributed by atoms with E-state index in [0.717, 1.165) is 4.88 Å². The van der Waals surface area contributed by atoms with Crippen molar-refractivity contribution in [2.45, 2.75) is 6.54 Å². The van der Waals surface area contributed by atoms with E-state index in [1.165, 1.54) is 18.2 Å². The van der Waals surface area contributed by atoms with Crippen LogP contribution in [0.15, 0.2) is 40.2 Å². The number of carbonyl (C=O) groups is 1. The normalized spacial score (nSPS) is 14.9. The topological polar surface area (TPSA) is 106 Å². The highest BCUT2D eigenvalue weighted by Crippen LogP contribution is 2.25. The van der Waals surface area contributed by atoms with E-state index in [4.69, 9.17) is 16.1 Å². The molecule has 1 saturated heterocycles. The Bertz CT molecular complexity index is 1030. The van der Waals surface area contributed by atoms with Gasteiger partial charge in [0.15, 0.2) is 0 Å². The number of hydrogen-bond acceptors (Lipinski definition) is 8. The number of piperazine rings is 1. The van der Waals surface area contributed by atoms with Crippen LogP contribution in [0.2, 0.25) is 5.02 Å². The maximum atomic E-state index is 12.8. The van der Waals surface area contributed by atoms with Crippen LogP contribution in [0.1, 0.15) is 16.2 Å². The molecule has 0 unspecified atom stereocenters. The predicted molar refractivity (Wildman–Crippen MR) is 107 cm³/mol. The van der Waals surface area contributed by atoms with Crippen LogP contribution in [0.25, 0.3) is 10.7 Å². The minimum atomic E-state index is -0.587. The minimum absolute atomic E-state index is 0.0466. The van der Waals surface area contributed by atoms with Gasteiger partial charge in [-0.25, -0.2) is 0 Å². The van der Waals surface area contributed by atoms with Crippen molar-refractivity contribution in [1.29, 1.82) is 0 Å². The van der Waals surface area contributed by atoms with E-state index in [2.05, 4.69) is 15.0 Å². The third kappa shape index (κ3) is 4.29. The van der Waals surface area contributed by atoms with Crippen molar-refractivity contribution >= 4 is 34.5 Å². The van der Waals surface area contributed by atoms with Gasteiger partial charge in [-0.3, -0.25) is 19.8 Å². The summed E-state index contributed by atoms with van der Waals surface area (Å²) in [6, 6.07) is 7.95. The van der Waals surface area contributed by atoms with Crippen molar-refractivity contribution in [3.63, 3.8) is 0 Å². The molecule has 1 aliphatic rings. The molecule has 3 aromatic rings. The van der Waals surface area contributed by atoms with E-state index in [1.54, 1.807) is 16.2 Å². The summed E-state index contributed by atoms with van der Waals surface area (Å²) < 4.78 is 5.32. The molecule has 4 rings (SSSR count). The molecule has 1 aliphatic heterocycles. The molecule has 1 amide bonds. The van der Waals surface area contributed by atoms with Gasteiger partial charge in [-0.2, -0.15) is 4.98 Å². The third-order valence-electron chi connectivity index (χ3n) is 4.61. The molecule has 3 heterocycles. The Labute approximate surface area is 174 Å². The van der Waals surface area contributed by atoms with E-state index in [9.17, 15) is 14.9 Å². The quantitative estimate of drug-likeness (QED) is 0.448. The van der Waals surface area contributed by atoms with Crippen LogP contribution in [0.3, 0.4) is 0 Å². The Kier molecular flexibility index (Phi) is 5.56. The highest BCUT2D eigenvalue weighted by atomic mass is 35.5. The fraction of sp³-hybridized carbons (Fsp3) is 0.278. The summed E-state index contributed by atoms with van der Waals surface area (Å²) in [7, 11) is 0. The van der Waals surface area contributed by atoms with Crippen molar-refractivity contribution in [2.24, 2.45) is 0 Å². The highest BCUT2D eigenvalue weighted by Gasteiger charge is 2.28. The zero-order chi connectivity index (χ0) is 20.4. The maximum absolute atomic E-state index is 12.8. The Morgan fingerprint density at radius 1 is 1.28 bits per heavy atom. The molecule has 2 aromatic heterocycles. The molecule has 0 radical (unpaired) electrons. The lowest BCUT2D eigenvalue weighted by atomic mass is 10.1. The van der Waals surface area contributed by atoms with Gasteiger partial charge in [0.1, 0.15) is 5.56 Å². The molecule has 29 heavy (non-hydrogen) atoms. The largest absolute Gasteiger partial charge is 0.338 e. The Hall–Kier alpha value is -2.82. The summed E-state index contributed by atoms with van der Waals surface area (Å²) >= 11 is 7.37. The number of halogens is 1. The van der Waals surface area contributed by atoms with Gasteiger partial charge >= 0.3 is 0 Å². The fourth-order valence-corrected chi connectivity index (χ4v) is 3.95. The Morgan fingerprint density at radius 3 is 2.76 bits per heavy atom. The van der Waals surface area contributed by atoms with Gasteiger partial charge in [0.2, 0.25) is 11.7 Å². The number of nitro groups is 1. The van der Waals surface area contributed by atoms with Gasteiger partial charge < -0.3 is 9.42 Å². The average molecular weight is 434 g/mol. The van der Waals surface area contributed by atoms with Crippen molar-refractivity contribution in [3.05, 3.63) is 62.3 Å². The van der Waals surface area contributed by atoms with Crippen LogP contribution in [-0.2, 0) is 6.54 Å². The first-order valence-electron chi connectivity index (χ1n) is 8.83. The third-order valence-corrected chi connectivity index (χ3v) is 5.72. The van der Waals surface area contributed by atoms with Crippen LogP contribution < -0.4 is 0 Å². The first kappa shape index (κ1) is 19.5. The number of carbonyl (C=O) groups excluding carboxylic acids is 1. The summed E-state index contributed by atoms with van der Waals surface area (Å²) in [6.07, 6.45) is 0. The first-order chi connectivity index (χ1) is 14.0. The summed E-state index contributed by atoms with van der Waals surface area (Å²) in [5.41, 5.74) is -0.234. The fourth-order valence-electron chi connectivity index (χ4n) is 3.13. The van der Waals surface area contributed by atoms with E-state index in [0.29, 0.717) is 44.4 Å². The molecule has 1 aromatic carbocycles. The first-order valence-corrected chi connectivity index (χ1v) is 10.1. The van der Waals surface area contributed by atoms with Gasteiger partial charge in [0.05, 0.1) is 16.3 Å². The van der Waals surface area contributed by atoms with Crippen molar-refractivity contribution in [3.8, 4) is 10.7 Å². The van der Waals surface area contributed by atoms with Crippen molar-refractivity contribution in [1.82, 2.24) is 19.9 Å². The molecule has 0 saturated carbocycles. The number of amides is 1. The average Bonchev–Trinajstić information content (AvgIpc) is 3.40. The molecule has 11 heteroatoms. The molecule has 0 spiro atoms. The molecule has 9 nitrogen and oxygen atoms in total. The number of benzene rings is 1. The number of thiophene rings is 1. The second kappa shape index (κ2) is 8.27. The lowest BCUT2D eigenvalue weighted by Crippen LogP contribution is -2.48. The number of hydrogen-bond donors (Lipinski definition) is 0. The predicted octanol–water partition coefficient (Wildman–Crippen LogP) is 3.32. The maximum Gasteiger partial charge on any atom is 0.283 e. The van der Waals surface area contributed by atoms with Gasteiger partial charge in [0, 0.05) is 37.3 Å². The van der Waals surface area contributed by atoms with Gasteiger partial charge in [-0.1, -0.05) is 22.8 Å². The van der Waals surface area contributed by atoms with Crippen LogP contribution >= 0.6 is 22.9 Å². The number of nitro benzene ring substituents is 1. The van der Waals surface area contributed by atoms with E-state index >= 15 is 0 Å². The summed E-state index contributed by atoms with van der Waals surface area (Å²) in [4.78, 5) is 32.5. The molecule has 0 N–H and O–H groups in total. The van der Waals surface area contributed by atoms with E-state index in [-0.39, 0.29) is 22.2 Å². The van der Waals surface area contributed by atoms with Gasteiger partial charge in [-0.15, -0.1) is 11.3 Å². The molecule has 0 bridgehead atoms. The molecule has 0 atom stereocenters. The zero-order valence-electron chi connectivity index (χ0n) is 15.2. The molecular formula is C18H16ClN5O4S. The van der Waals surface area contributed by atoms with Crippen LogP contribution in [-0.4, -0.2) is 56.9 Å². The van der Waals surface area contributed by atoms with Crippen LogP contribution in [0.5, 0.6) is 0 Å². The van der Waals surface area contributed by atoms with Crippen LogP contribution in [0.4, 0.5) is 5.69 Å². The zero-order valence-corrected chi connectivity index (χ0v) is 16.7. The van der Waals surface area contributed by atoms with Gasteiger partial charge in [0.25, 0.3) is 11.6 Å². The van der Waals surface area contributed by atoms with Crippen molar-refractivity contribution < 1.29 is 14.2 Å². The molecule has 1 fully saturated rings. The lowest BCUT2D eigenvalue weighted by molar-refractivity contribution is -0.385. The SMILES string of the molecule is O=C(c1ccc(Cl)cc1[N+](=O)[O-])N1CCN(Cc2nc(-c3cccs3)no2)CC1. The Morgan fingerprint density at radius 2 is 2.07 bits per heavy atom. The van der Waals surface area contributed by atoms with Crippen molar-refractivity contribution in [2.75, 3.05) is 26.2 Å². The molecule has 150 valence electrons. The second-order valence-corrected chi connectivity index (χ2v) is 7.86. The van der Waals surface area contributed by atoms with E-state index < -0.39 is 4.92 Å². The highest BCUT2D eigenvalue weighted by molar-refractivity contribution is 7.13. The Balaban J connectivity index is 1.37. The number of rotatable bonds is 5. The van der Waals surface area contributed by atoms with E-state index in [1.807, 2.05) is 17.5 Å². The summed E-state index contributed by atoms with van der Waals surface area (Å²) in [6.45, 7) is 2.59. The van der Waals surface area contributed by atoms with Crippen LogP contribution in [0, 0.1) is 10.1 Å². The molecular weight excluding hydrogens is 418 g/mol. The monoisotopic (exact) mass is 433 g/mol. The number of aromatic nitrogens is 2. The minimum Gasteiger partial charge on any atom is -0.338 e. The standard InChI is InChI=1S/C18H16ClN5O4S/c19-12-3-4-13(14(10-12)24(26)27)18(25)23-7-5-22(6-8-23)11-16-20-17(21-28-16)15-2-1-9-29-15/h1-4,9-10H,5-8,11H2. The molecule has 0 aliphatic carbocycles. The second-order valence-electron chi connectivity index (χ2n) is 6.48. The van der Waals surface area contributed by atoms with Gasteiger partial charge in [-0.05, 0) is 23.6 Å².